The van der Waals surface area contributed by atoms with Gasteiger partial charge in [-0.1, -0.05) is 12.1 Å². The van der Waals surface area contributed by atoms with Crippen molar-refractivity contribution in [1.29, 1.82) is 0 Å². The van der Waals surface area contributed by atoms with Crippen molar-refractivity contribution in [3.05, 3.63) is 53.6 Å². The number of carbonyl (C=O) groups is 1. The molecule has 5 nitrogen and oxygen atoms in total. The van der Waals surface area contributed by atoms with Gasteiger partial charge in [0.25, 0.3) is 5.91 Å². The highest BCUT2D eigenvalue weighted by molar-refractivity contribution is 5.94. The Bertz CT molecular complexity index is 768. The van der Waals surface area contributed by atoms with Crippen LogP contribution in [0.4, 0.5) is 0 Å². The lowest BCUT2D eigenvalue weighted by Gasteiger charge is -2.18. The van der Waals surface area contributed by atoms with Crippen molar-refractivity contribution in [2.45, 2.75) is 18.3 Å². The van der Waals surface area contributed by atoms with Crippen LogP contribution in [0, 0.1) is 0 Å². The molecular formula is C20H23NO4. The molecule has 5 heteroatoms. The summed E-state index contributed by atoms with van der Waals surface area (Å²) in [5, 5.41) is 3.05. The van der Waals surface area contributed by atoms with Crippen LogP contribution in [-0.2, 0) is 5.41 Å². The topological polar surface area (TPSA) is 56.8 Å². The quantitative estimate of drug-likeness (QED) is 0.840. The molecule has 3 rings (SSSR count). The SMILES string of the molecule is COc1cccc(C(=O)NCC2(c3ccc(OC)c(OC)c3)CC2)c1. The van der Waals surface area contributed by atoms with Crippen molar-refractivity contribution >= 4 is 5.91 Å². The summed E-state index contributed by atoms with van der Waals surface area (Å²) in [6.45, 7) is 0.596. The largest absolute Gasteiger partial charge is 0.497 e. The summed E-state index contributed by atoms with van der Waals surface area (Å²) in [6, 6.07) is 13.1. The zero-order valence-electron chi connectivity index (χ0n) is 14.8. The summed E-state index contributed by atoms with van der Waals surface area (Å²) in [4.78, 5) is 12.4. The molecular weight excluding hydrogens is 318 g/mol. The molecule has 1 aliphatic carbocycles. The molecule has 25 heavy (non-hydrogen) atoms. The molecule has 2 aromatic carbocycles. The zero-order valence-corrected chi connectivity index (χ0v) is 14.8. The number of benzene rings is 2. The van der Waals surface area contributed by atoms with E-state index < -0.39 is 0 Å². The smallest absolute Gasteiger partial charge is 0.251 e. The van der Waals surface area contributed by atoms with E-state index in [4.69, 9.17) is 14.2 Å². The molecule has 0 radical (unpaired) electrons. The van der Waals surface area contributed by atoms with Crippen LogP contribution in [0.25, 0.3) is 0 Å². The first-order valence-corrected chi connectivity index (χ1v) is 8.26. The van der Waals surface area contributed by atoms with Gasteiger partial charge in [0.2, 0.25) is 0 Å². The molecule has 0 atom stereocenters. The highest BCUT2D eigenvalue weighted by atomic mass is 16.5. The molecule has 0 aliphatic heterocycles. The number of hydrogen-bond donors (Lipinski definition) is 1. The van der Waals surface area contributed by atoms with Crippen LogP contribution in [0.2, 0.25) is 0 Å². The third-order valence-electron chi connectivity index (χ3n) is 4.77. The Morgan fingerprint density at radius 2 is 1.76 bits per heavy atom. The Balaban J connectivity index is 1.71. The summed E-state index contributed by atoms with van der Waals surface area (Å²) >= 11 is 0. The number of amides is 1. The lowest BCUT2D eigenvalue weighted by Crippen LogP contribution is -2.32. The Morgan fingerprint density at radius 3 is 2.40 bits per heavy atom. The first kappa shape index (κ1) is 17.1. The summed E-state index contributed by atoms with van der Waals surface area (Å²) in [5.74, 6) is 2.01. The van der Waals surface area contributed by atoms with Crippen LogP contribution in [0.1, 0.15) is 28.8 Å². The summed E-state index contributed by atoms with van der Waals surface area (Å²) < 4.78 is 15.9. The number of ether oxygens (including phenoxy) is 3. The maximum absolute atomic E-state index is 12.4. The van der Waals surface area contributed by atoms with Crippen LogP contribution in [-0.4, -0.2) is 33.8 Å². The molecule has 1 N–H and O–H groups in total. The second-order valence-corrected chi connectivity index (χ2v) is 6.26. The van der Waals surface area contributed by atoms with Crippen molar-refractivity contribution in [1.82, 2.24) is 5.32 Å². The molecule has 132 valence electrons. The van der Waals surface area contributed by atoms with Crippen molar-refractivity contribution in [2.75, 3.05) is 27.9 Å². The second kappa shape index (κ2) is 7.05. The normalized spacial score (nSPS) is 14.5. The van der Waals surface area contributed by atoms with Gasteiger partial charge in [-0.25, -0.2) is 0 Å². The predicted octanol–water partition coefficient (Wildman–Crippen LogP) is 3.17. The van der Waals surface area contributed by atoms with Crippen molar-refractivity contribution < 1.29 is 19.0 Å². The molecule has 0 unspecified atom stereocenters. The molecule has 1 saturated carbocycles. The van der Waals surface area contributed by atoms with Gasteiger partial charge < -0.3 is 19.5 Å². The van der Waals surface area contributed by atoms with E-state index in [1.807, 2.05) is 30.3 Å². The van der Waals surface area contributed by atoms with Gasteiger partial charge >= 0.3 is 0 Å². The van der Waals surface area contributed by atoms with Crippen LogP contribution in [0.3, 0.4) is 0 Å². The number of rotatable bonds is 7. The minimum Gasteiger partial charge on any atom is -0.497 e. The molecule has 1 fully saturated rings. The molecule has 0 aromatic heterocycles. The maximum atomic E-state index is 12.4. The first-order chi connectivity index (χ1) is 12.1. The first-order valence-electron chi connectivity index (χ1n) is 8.26. The summed E-state index contributed by atoms with van der Waals surface area (Å²) in [5.41, 5.74) is 1.74. The van der Waals surface area contributed by atoms with E-state index in [1.165, 1.54) is 0 Å². The lowest BCUT2D eigenvalue weighted by atomic mass is 9.95. The summed E-state index contributed by atoms with van der Waals surface area (Å²) in [7, 11) is 4.85. The fraction of sp³-hybridized carbons (Fsp3) is 0.350. The molecule has 0 heterocycles. The van der Waals surface area contributed by atoms with Gasteiger partial charge in [-0.05, 0) is 48.7 Å². The molecule has 0 saturated heterocycles. The monoisotopic (exact) mass is 341 g/mol. The molecule has 1 amide bonds. The van der Waals surface area contributed by atoms with Gasteiger partial charge in [0.05, 0.1) is 21.3 Å². The highest BCUT2D eigenvalue weighted by Gasteiger charge is 2.44. The average molecular weight is 341 g/mol. The highest BCUT2D eigenvalue weighted by Crippen LogP contribution is 2.49. The predicted molar refractivity (Wildman–Crippen MR) is 95.8 cm³/mol. The van der Waals surface area contributed by atoms with Crippen molar-refractivity contribution in [3.63, 3.8) is 0 Å². The average Bonchev–Trinajstić information content (AvgIpc) is 3.46. The van der Waals surface area contributed by atoms with Gasteiger partial charge in [-0.15, -0.1) is 0 Å². The van der Waals surface area contributed by atoms with Crippen LogP contribution < -0.4 is 19.5 Å². The summed E-state index contributed by atoms with van der Waals surface area (Å²) in [6.07, 6.45) is 2.09. The van der Waals surface area contributed by atoms with E-state index in [-0.39, 0.29) is 11.3 Å². The van der Waals surface area contributed by atoms with E-state index in [2.05, 4.69) is 5.32 Å². The number of methoxy groups -OCH3 is 3. The van der Waals surface area contributed by atoms with E-state index >= 15 is 0 Å². The number of carbonyl (C=O) groups excluding carboxylic acids is 1. The fourth-order valence-corrected chi connectivity index (χ4v) is 3.00. The zero-order chi connectivity index (χ0) is 17.9. The van der Waals surface area contributed by atoms with Crippen LogP contribution in [0.5, 0.6) is 17.2 Å². The number of hydrogen-bond acceptors (Lipinski definition) is 4. The van der Waals surface area contributed by atoms with Gasteiger partial charge in [-0.2, -0.15) is 0 Å². The molecule has 0 spiro atoms. The Labute approximate surface area is 147 Å². The Morgan fingerprint density at radius 1 is 1.00 bits per heavy atom. The van der Waals surface area contributed by atoms with Crippen molar-refractivity contribution in [3.8, 4) is 17.2 Å². The lowest BCUT2D eigenvalue weighted by molar-refractivity contribution is 0.0949. The Kier molecular flexibility index (Phi) is 4.83. The molecule has 0 bridgehead atoms. The Hall–Kier alpha value is -2.69. The van der Waals surface area contributed by atoms with Gasteiger partial charge in [0.1, 0.15) is 5.75 Å². The van der Waals surface area contributed by atoms with E-state index in [9.17, 15) is 4.79 Å². The van der Waals surface area contributed by atoms with Gasteiger partial charge in [0, 0.05) is 17.5 Å². The standard InChI is InChI=1S/C20H23NO4/c1-23-16-6-4-5-14(11-16)19(22)21-13-20(9-10-20)15-7-8-17(24-2)18(12-15)25-3/h4-8,11-12H,9-10,13H2,1-3H3,(H,21,22). The molecule has 1 aliphatic rings. The fourth-order valence-electron chi connectivity index (χ4n) is 3.00. The van der Waals surface area contributed by atoms with Crippen LogP contribution in [0.15, 0.2) is 42.5 Å². The minimum atomic E-state index is -0.0920. The minimum absolute atomic E-state index is 0.0198. The third kappa shape index (κ3) is 3.55. The third-order valence-corrected chi connectivity index (χ3v) is 4.77. The van der Waals surface area contributed by atoms with Crippen molar-refractivity contribution in [2.24, 2.45) is 0 Å². The maximum Gasteiger partial charge on any atom is 0.251 e. The van der Waals surface area contributed by atoms with Crippen LogP contribution >= 0.6 is 0 Å². The van der Waals surface area contributed by atoms with E-state index in [1.54, 1.807) is 33.5 Å². The number of nitrogens with one attached hydrogen (secondary N) is 1. The van der Waals surface area contributed by atoms with E-state index in [0.29, 0.717) is 29.4 Å². The van der Waals surface area contributed by atoms with E-state index in [0.717, 1.165) is 18.4 Å². The van der Waals surface area contributed by atoms with Gasteiger partial charge in [-0.3, -0.25) is 4.79 Å². The van der Waals surface area contributed by atoms with Gasteiger partial charge in [0.15, 0.2) is 11.5 Å². The molecule has 2 aromatic rings. The second-order valence-electron chi connectivity index (χ2n) is 6.26.